The quantitative estimate of drug-likeness (QED) is 0.0643. The van der Waals surface area contributed by atoms with Gasteiger partial charge in [-0.2, -0.15) is 0 Å². The van der Waals surface area contributed by atoms with Gasteiger partial charge in [0.1, 0.15) is 0 Å². The van der Waals surface area contributed by atoms with E-state index in [2.05, 4.69) is 92.4 Å². The number of amidine groups is 2. The fourth-order valence-electron chi connectivity index (χ4n) is 7.50. The van der Waals surface area contributed by atoms with E-state index in [-0.39, 0.29) is 44.3 Å². The lowest BCUT2D eigenvalue weighted by molar-refractivity contribution is 0.468. The lowest BCUT2D eigenvalue weighted by Crippen LogP contribution is -2.26. The number of fused-ring (bicyclic) bond motifs is 2. The van der Waals surface area contributed by atoms with Gasteiger partial charge in [0.2, 0.25) is 0 Å². The minimum atomic E-state index is -0.268. The minimum Gasteiger partial charge on any atom is -0.379 e. The predicted octanol–water partition coefficient (Wildman–Crippen LogP) is 10.1. The molecule has 0 amide bonds. The van der Waals surface area contributed by atoms with E-state index in [1.807, 2.05) is 25.4 Å². The van der Waals surface area contributed by atoms with E-state index < -0.39 is 0 Å². The standard InChI is InChI=1S/C42H60N10S2/c1-24(22-43)15-25(2)33-18-32(41(7,8)20-28(5)53-39(44)45)37-36(51-33)17-30(23-49-37)50-40(46)54-29(6)21-42(9,10)38-31-13-12-14-48-35(31)19-34(52-38)26(3)16-27(4)47-11/h12-14,17-19,22-26,28-29,43H,15-16,20-21H2,1-11H3,(H3,44,45)(H2,46,50). The molecule has 5 atom stereocenters. The summed E-state index contributed by atoms with van der Waals surface area (Å²) >= 11 is 2.93. The van der Waals surface area contributed by atoms with Crippen LogP contribution in [-0.4, -0.2) is 59.7 Å². The van der Waals surface area contributed by atoms with Crippen LogP contribution in [0.25, 0.3) is 21.9 Å². The van der Waals surface area contributed by atoms with E-state index in [4.69, 9.17) is 47.2 Å². The molecule has 0 aliphatic rings. The van der Waals surface area contributed by atoms with E-state index in [1.54, 1.807) is 18.0 Å². The lowest BCUT2D eigenvalue weighted by Gasteiger charge is -2.30. The van der Waals surface area contributed by atoms with Crippen LogP contribution in [0.2, 0.25) is 0 Å². The van der Waals surface area contributed by atoms with Crippen LogP contribution in [0.4, 0.5) is 5.69 Å². The van der Waals surface area contributed by atoms with Crippen molar-refractivity contribution in [1.82, 2.24) is 19.9 Å². The zero-order valence-corrected chi connectivity index (χ0v) is 35.6. The van der Waals surface area contributed by atoms with Gasteiger partial charge in [-0.3, -0.25) is 30.3 Å². The summed E-state index contributed by atoms with van der Waals surface area (Å²) in [6.07, 6.45) is 8.42. The summed E-state index contributed by atoms with van der Waals surface area (Å²) in [4.78, 5) is 29.2. The topological polar surface area (TPSA) is 176 Å². The van der Waals surface area contributed by atoms with E-state index in [9.17, 15) is 0 Å². The first-order valence-electron chi connectivity index (χ1n) is 18.8. The van der Waals surface area contributed by atoms with Crippen LogP contribution in [0, 0.1) is 16.7 Å². The Morgan fingerprint density at radius 2 is 1.56 bits per heavy atom. The average Bonchev–Trinajstić information content (AvgIpc) is 3.09. The molecular formula is C42H60N10S2. The van der Waals surface area contributed by atoms with E-state index in [0.717, 1.165) is 76.0 Å². The molecule has 54 heavy (non-hydrogen) atoms. The number of nitrogens with zero attached hydrogens (tertiary/aromatic N) is 6. The number of thioether (sulfide) groups is 2. The first kappa shape index (κ1) is 42.8. The van der Waals surface area contributed by atoms with Gasteiger partial charge < -0.3 is 16.9 Å². The first-order chi connectivity index (χ1) is 25.3. The summed E-state index contributed by atoms with van der Waals surface area (Å²) in [5.74, 6) is 0.500. The van der Waals surface area contributed by atoms with Crippen molar-refractivity contribution in [3.05, 3.63) is 65.4 Å². The second-order valence-electron chi connectivity index (χ2n) is 16.3. The second kappa shape index (κ2) is 18.2. The molecule has 0 spiro atoms. The molecule has 0 radical (unpaired) electrons. The van der Waals surface area contributed by atoms with Crippen LogP contribution < -0.4 is 11.5 Å². The van der Waals surface area contributed by atoms with Gasteiger partial charge in [0.25, 0.3) is 0 Å². The maximum atomic E-state index is 7.79. The number of aromatic nitrogens is 4. The molecule has 0 bridgehead atoms. The van der Waals surface area contributed by atoms with Crippen LogP contribution >= 0.6 is 23.5 Å². The number of rotatable bonds is 16. The highest BCUT2D eigenvalue weighted by atomic mass is 32.2. The van der Waals surface area contributed by atoms with Crippen molar-refractivity contribution < 1.29 is 0 Å². The maximum absolute atomic E-state index is 7.79. The molecule has 6 N–H and O–H groups in total. The third-order valence-electron chi connectivity index (χ3n) is 10.1. The van der Waals surface area contributed by atoms with Gasteiger partial charge in [-0.1, -0.05) is 85.8 Å². The molecule has 0 saturated heterocycles. The number of nitrogens with one attached hydrogen (secondary N) is 2. The Balaban J connectivity index is 1.63. The fourth-order valence-corrected chi connectivity index (χ4v) is 9.51. The van der Waals surface area contributed by atoms with Crippen LogP contribution in [-0.2, 0) is 10.8 Å². The smallest absolute Gasteiger partial charge is 0.159 e. The fraction of sp³-hybridized carbons (Fsp3) is 0.524. The van der Waals surface area contributed by atoms with Gasteiger partial charge in [0, 0.05) is 57.6 Å². The van der Waals surface area contributed by atoms with Crippen LogP contribution in [0.15, 0.2) is 52.7 Å². The molecule has 0 saturated carbocycles. The predicted molar refractivity (Wildman–Crippen MR) is 235 cm³/mol. The molecule has 4 heterocycles. The van der Waals surface area contributed by atoms with Gasteiger partial charge in [-0.25, -0.2) is 4.99 Å². The third-order valence-corrected chi connectivity index (χ3v) is 11.9. The van der Waals surface area contributed by atoms with Gasteiger partial charge in [-0.05, 0) is 92.0 Å². The first-order valence-corrected chi connectivity index (χ1v) is 20.6. The summed E-state index contributed by atoms with van der Waals surface area (Å²) in [5, 5.41) is 17.5. The van der Waals surface area contributed by atoms with Crippen molar-refractivity contribution >= 4 is 73.4 Å². The average molecular weight is 769 g/mol. The maximum Gasteiger partial charge on any atom is 0.159 e. The number of nitrogens with two attached hydrogens (primary N) is 2. The summed E-state index contributed by atoms with van der Waals surface area (Å²) in [5.41, 5.74) is 20.3. The van der Waals surface area contributed by atoms with Crippen molar-refractivity contribution in [1.29, 1.82) is 10.8 Å². The molecule has 12 heteroatoms. The van der Waals surface area contributed by atoms with Crippen LogP contribution in [0.5, 0.6) is 0 Å². The molecule has 0 fully saturated rings. The van der Waals surface area contributed by atoms with Crippen LogP contribution in [0.1, 0.15) is 129 Å². The Hall–Kier alpha value is -3.90. The van der Waals surface area contributed by atoms with Crippen molar-refractivity contribution in [2.45, 2.75) is 128 Å². The number of hydrogen-bond acceptors (Lipinski definition) is 10. The lowest BCUT2D eigenvalue weighted by atomic mass is 9.79. The molecule has 0 aliphatic carbocycles. The van der Waals surface area contributed by atoms with Crippen molar-refractivity contribution in [3.8, 4) is 0 Å². The Morgan fingerprint density at radius 3 is 2.22 bits per heavy atom. The van der Waals surface area contributed by atoms with Gasteiger partial charge in [-0.15, -0.1) is 0 Å². The second-order valence-corrected chi connectivity index (χ2v) is 19.3. The molecular weight excluding hydrogens is 709 g/mol. The van der Waals surface area contributed by atoms with Gasteiger partial charge >= 0.3 is 0 Å². The number of hydrogen-bond donors (Lipinski definition) is 4. The minimum absolute atomic E-state index is 0.122. The summed E-state index contributed by atoms with van der Waals surface area (Å²) < 4.78 is 0. The molecule has 5 unspecified atom stereocenters. The van der Waals surface area contributed by atoms with Gasteiger partial charge in [0.05, 0.1) is 34.1 Å². The molecule has 10 nitrogen and oxygen atoms in total. The zero-order chi connectivity index (χ0) is 40.0. The summed E-state index contributed by atoms with van der Waals surface area (Å²) in [6.45, 7) is 21.7. The molecule has 290 valence electrons. The third kappa shape index (κ3) is 11.1. The Kier molecular flexibility index (Phi) is 14.4. The Labute approximate surface area is 330 Å². The highest BCUT2D eigenvalue weighted by Crippen LogP contribution is 2.39. The molecule has 4 aromatic rings. The van der Waals surface area contributed by atoms with Crippen molar-refractivity contribution in [2.75, 3.05) is 7.05 Å². The molecule has 0 aliphatic heterocycles. The molecule has 0 aromatic carbocycles. The largest absolute Gasteiger partial charge is 0.379 e. The van der Waals surface area contributed by atoms with E-state index in [1.165, 1.54) is 18.0 Å². The Bertz CT molecular complexity index is 2020. The van der Waals surface area contributed by atoms with Crippen molar-refractivity contribution in [2.24, 2.45) is 27.4 Å². The van der Waals surface area contributed by atoms with Crippen molar-refractivity contribution in [3.63, 3.8) is 0 Å². The monoisotopic (exact) mass is 768 g/mol. The van der Waals surface area contributed by atoms with E-state index >= 15 is 0 Å². The normalized spacial score (nSPS) is 15.9. The highest BCUT2D eigenvalue weighted by molar-refractivity contribution is 8.14. The number of pyridine rings is 4. The SMILES string of the molecule is CN=C(C)CC(C)c1cc2ncccc2c(C(C)(C)CC(C)SC(N)=Nc2cnc3c(C(C)(C)CC(C)SC(=N)N)cc(C(C)CC(C)C=N)nc3c2)n1. The molecule has 4 aromatic heterocycles. The Morgan fingerprint density at radius 1 is 0.889 bits per heavy atom. The number of aliphatic imine (C=N–C) groups is 2. The van der Waals surface area contributed by atoms with E-state index in [0.29, 0.717) is 10.9 Å². The summed E-state index contributed by atoms with van der Waals surface area (Å²) in [7, 11) is 1.84. The van der Waals surface area contributed by atoms with Gasteiger partial charge in [0.15, 0.2) is 10.3 Å². The van der Waals surface area contributed by atoms with Crippen LogP contribution in [0.3, 0.4) is 0 Å². The summed E-state index contributed by atoms with van der Waals surface area (Å²) in [6, 6.07) is 10.4. The highest BCUT2D eigenvalue weighted by Gasteiger charge is 2.31. The molecule has 4 rings (SSSR count). The zero-order valence-electron chi connectivity index (χ0n) is 34.0.